The number of nitrogens with one attached hydrogen (secondary N) is 1. The normalized spacial score (nSPS) is 23.4. The van der Waals surface area contributed by atoms with Gasteiger partial charge in [0.15, 0.2) is 12.2 Å². The molecule has 12 heteroatoms. The van der Waals surface area contributed by atoms with Gasteiger partial charge in [-0.25, -0.2) is 4.79 Å². The summed E-state index contributed by atoms with van der Waals surface area (Å²) in [6.07, 6.45) is -4.90. The highest BCUT2D eigenvalue weighted by atomic mass is 16.7. The first kappa shape index (κ1) is 26.7. The molecule has 194 valence electrons. The summed E-state index contributed by atoms with van der Waals surface area (Å²) in [6.45, 7) is 6.12. The third kappa shape index (κ3) is 6.60. The minimum Gasteiger partial charge on any atom is -0.463 e. The van der Waals surface area contributed by atoms with Crippen molar-refractivity contribution in [2.45, 2.75) is 65.3 Å². The zero-order valence-electron chi connectivity index (χ0n) is 20.4. The van der Waals surface area contributed by atoms with Crippen LogP contribution in [-0.4, -0.2) is 61.1 Å². The molecular weight excluding hydrogens is 478 g/mol. The van der Waals surface area contributed by atoms with Gasteiger partial charge in [0.05, 0.1) is 0 Å². The van der Waals surface area contributed by atoms with E-state index >= 15 is 0 Å². The number of rotatable bonds is 7. The fourth-order valence-corrected chi connectivity index (χ4v) is 3.90. The van der Waals surface area contributed by atoms with E-state index in [1.54, 1.807) is 19.1 Å². The molecule has 1 saturated heterocycles. The molecule has 12 nitrogen and oxygen atoms in total. The van der Waals surface area contributed by atoms with E-state index in [0.717, 1.165) is 13.8 Å². The highest BCUT2D eigenvalue weighted by Crippen LogP contribution is 2.30. The van der Waals surface area contributed by atoms with Crippen molar-refractivity contribution >= 4 is 34.8 Å². The summed E-state index contributed by atoms with van der Waals surface area (Å²) >= 11 is 0. The Kier molecular flexibility index (Phi) is 8.30. The van der Waals surface area contributed by atoms with Crippen LogP contribution in [0.4, 0.5) is 0 Å². The Balaban J connectivity index is 2.02. The Bertz CT molecular complexity index is 1220. The highest BCUT2D eigenvalue weighted by molar-refractivity contribution is 5.81. The van der Waals surface area contributed by atoms with E-state index in [9.17, 15) is 24.0 Å². The molecule has 0 saturated carbocycles. The van der Waals surface area contributed by atoms with E-state index in [-0.39, 0.29) is 17.9 Å². The number of carbonyl (C=O) groups is 4. The molecule has 36 heavy (non-hydrogen) atoms. The second kappa shape index (κ2) is 11.2. The number of hydrogen-bond acceptors (Lipinski definition) is 11. The van der Waals surface area contributed by atoms with Crippen LogP contribution in [0.15, 0.2) is 33.5 Å². The van der Waals surface area contributed by atoms with Gasteiger partial charge in [-0.05, 0) is 24.6 Å². The molecule has 2 heterocycles. The number of benzene rings is 1. The van der Waals surface area contributed by atoms with Gasteiger partial charge in [-0.2, -0.15) is 0 Å². The number of fused-ring (bicyclic) bond motifs is 1. The number of ether oxygens (including phenoxy) is 5. The Hall–Kier alpha value is -3.93. The van der Waals surface area contributed by atoms with Gasteiger partial charge in [-0.15, -0.1) is 0 Å². The SMILES string of the molecule is CC(=O)N[C@@H]1[C@H](Oc2ccc3c(C)cc(=O)oc3c2)O[C@@H](COC(C)=O)[C@@H](OC(C)=O)[C@H]1OC(C)=O. The molecular formula is C24H27NO11. The van der Waals surface area contributed by atoms with Gasteiger partial charge in [0.25, 0.3) is 0 Å². The Morgan fingerprint density at radius 1 is 0.944 bits per heavy atom. The summed E-state index contributed by atoms with van der Waals surface area (Å²) in [6, 6.07) is 4.98. The highest BCUT2D eigenvalue weighted by Gasteiger charge is 2.52. The van der Waals surface area contributed by atoms with Crippen LogP contribution in [0.2, 0.25) is 0 Å². The van der Waals surface area contributed by atoms with Crippen molar-refractivity contribution in [1.29, 1.82) is 0 Å². The van der Waals surface area contributed by atoms with Crippen molar-refractivity contribution in [3.05, 3.63) is 40.2 Å². The van der Waals surface area contributed by atoms with Crippen molar-refractivity contribution in [1.82, 2.24) is 5.32 Å². The van der Waals surface area contributed by atoms with Gasteiger partial charge in [-0.3, -0.25) is 19.2 Å². The molecule has 2 aromatic rings. The zero-order valence-corrected chi connectivity index (χ0v) is 20.4. The predicted octanol–water partition coefficient (Wildman–Crippen LogP) is 1.14. The summed E-state index contributed by atoms with van der Waals surface area (Å²) in [5, 5.41) is 3.30. The molecule has 1 N–H and O–H groups in total. The van der Waals surface area contributed by atoms with E-state index in [4.69, 9.17) is 28.1 Å². The molecule has 1 amide bonds. The minimum absolute atomic E-state index is 0.204. The fraction of sp³-hybridized carbons (Fsp3) is 0.458. The van der Waals surface area contributed by atoms with Crippen molar-refractivity contribution < 1.29 is 47.3 Å². The molecule has 0 radical (unpaired) electrons. The molecule has 1 aromatic carbocycles. The van der Waals surface area contributed by atoms with Gasteiger partial charge in [0, 0.05) is 45.2 Å². The first-order valence-electron chi connectivity index (χ1n) is 11.1. The van der Waals surface area contributed by atoms with Crippen LogP contribution >= 0.6 is 0 Å². The van der Waals surface area contributed by atoms with Crippen molar-refractivity contribution in [2.75, 3.05) is 6.61 Å². The maximum atomic E-state index is 12.0. The van der Waals surface area contributed by atoms with Crippen LogP contribution in [0.1, 0.15) is 33.3 Å². The van der Waals surface area contributed by atoms with Crippen LogP contribution in [0.3, 0.4) is 0 Å². The lowest BCUT2D eigenvalue weighted by Crippen LogP contribution is -2.67. The summed E-state index contributed by atoms with van der Waals surface area (Å²) in [7, 11) is 0. The van der Waals surface area contributed by atoms with Gasteiger partial charge in [0.2, 0.25) is 12.2 Å². The quantitative estimate of drug-likeness (QED) is 0.327. The number of aryl methyl sites for hydroxylation is 1. The maximum absolute atomic E-state index is 12.0. The minimum atomic E-state index is -1.29. The Morgan fingerprint density at radius 3 is 2.22 bits per heavy atom. The lowest BCUT2D eigenvalue weighted by atomic mass is 9.96. The van der Waals surface area contributed by atoms with Crippen LogP contribution < -0.4 is 15.7 Å². The molecule has 0 unspecified atom stereocenters. The average Bonchev–Trinajstić information content (AvgIpc) is 2.75. The summed E-state index contributed by atoms with van der Waals surface area (Å²) in [4.78, 5) is 59.0. The first-order valence-corrected chi connectivity index (χ1v) is 11.1. The molecule has 1 fully saturated rings. The second-order valence-electron chi connectivity index (χ2n) is 8.24. The number of hydrogen-bond donors (Lipinski definition) is 1. The van der Waals surface area contributed by atoms with Crippen molar-refractivity contribution in [2.24, 2.45) is 0 Å². The Labute approximate surface area is 205 Å². The van der Waals surface area contributed by atoms with Gasteiger partial charge in [0.1, 0.15) is 30.1 Å². The van der Waals surface area contributed by atoms with Crippen LogP contribution in [0.5, 0.6) is 5.75 Å². The molecule has 0 aliphatic carbocycles. The van der Waals surface area contributed by atoms with Crippen molar-refractivity contribution in [3.8, 4) is 5.75 Å². The van der Waals surface area contributed by atoms with E-state index in [0.29, 0.717) is 10.9 Å². The van der Waals surface area contributed by atoms with Crippen LogP contribution in [0.25, 0.3) is 11.0 Å². The average molecular weight is 505 g/mol. The fourth-order valence-electron chi connectivity index (χ4n) is 3.90. The molecule has 1 aliphatic rings. The summed E-state index contributed by atoms with van der Waals surface area (Å²) in [5.41, 5.74) is 0.427. The molecule has 0 spiro atoms. The van der Waals surface area contributed by atoms with E-state index < -0.39 is 60.1 Å². The van der Waals surface area contributed by atoms with Gasteiger partial charge >= 0.3 is 23.5 Å². The largest absolute Gasteiger partial charge is 0.463 e. The standard InChI is InChI=1S/C24H27NO11/c1-11-8-20(30)35-18-9-16(6-7-17(11)18)34-24-21(25-12(2)26)23(33-15(5)29)22(32-14(4)28)19(36-24)10-31-13(3)27/h6-9,19,21-24H,10H2,1-5H3,(H,25,26)/t19-,21-,22+,23-,24+/m0/s1. The lowest BCUT2D eigenvalue weighted by molar-refractivity contribution is -0.257. The summed E-state index contributed by atoms with van der Waals surface area (Å²) < 4.78 is 33.1. The first-order chi connectivity index (χ1) is 16.9. The third-order valence-corrected chi connectivity index (χ3v) is 5.25. The second-order valence-corrected chi connectivity index (χ2v) is 8.24. The van der Waals surface area contributed by atoms with Crippen molar-refractivity contribution in [3.63, 3.8) is 0 Å². The zero-order chi connectivity index (χ0) is 26.6. The topological polar surface area (TPSA) is 157 Å². The maximum Gasteiger partial charge on any atom is 0.336 e. The molecule has 1 aromatic heterocycles. The molecule has 1 aliphatic heterocycles. The lowest BCUT2D eigenvalue weighted by Gasteiger charge is -2.44. The molecule has 0 bridgehead atoms. The third-order valence-electron chi connectivity index (χ3n) is 5.25. The van der Waals surface area contributed by atoms with Gasteiger partial charge < -0.3 is 33.4 Å². The predicted molar refractivity (Wildman–Crippen MR) is 122 cm³/mol. The number of esters is 3. The van der Waals surface area contributed by atoms with Crippen LogP contribution in [-0.2, 0) is 38.1 Å². The van der Waals surface area contributed by atoms with E-state index in [2.05, 4.69) is 5.32 Å². The monoisotopic (exact) mass is 505 g/mol. The number of carbonyl (C=O) groups excluding carboxylic acids is 4. The van der Waals surface area contributed by atoms with Crippen LogP contribution in [0, 0.1) is 6.92 Å². The molecule has 3 rings (SSSR count). The van der Waals surface area contributed by atoms with E-state index in [1.165, 1.54) is 26.0 Å². The summed E-state index contributed by atoms with van der Waals surface area (Å²) in [5.74, 6) is -2.35. The number of amides is 1. The van der Waals surface area contributed by atoms with Gasteiger partial charge in [-0.1, -0.05) is 0 Å². The Morgan fingerprint density at radius 2 is 1.61 bits per heavy atom. The van der Waals surface area contributed by atoms with E-state index in [1.807, 2.05) is 0 Å². The smallest absolute Gasteiger partial charge is 0.336 e. The molecule has 5 atom stereocenters.